The highest BCUT2D eigenvalue weighted by Crippen LogP contribution is 2.26. The number of rotatable bonds is 1. The largest absolute Gasteiger partial charge is 0.305 e. The summed E-state index contributed by atoms with van der Waals surface area (Å²) in [6.45, 7) is 7.50. The zero-order valence-electron chi connectivity index (χ0n) is 9.11. The molecule has 0 atom stereocenters. The van der Waals surface area contributed by atoms with Gasteiger partial charge in [0.15, 0.2) is 0 Å². The molecule has 1 rings (SSSR count). The van der Waals surface area contributed by atoms with Gasteiger partial charge in [-0.15, -0.1) is 0 Å². The third-order valence-electron chi connectivity index (χ3n) is 2.21. The smallest absolute Gasteiger partial charge is 0.135 e. The molecule has 1 aromatic carbocycles. The molecule has 1 nitrogen and oxygen atoms in total. The van der Waals surface area contributed by atoms with Crippen LogP contribution >= 0.6 is 0 Å². The molecule has 0 fully saturated rings. The molecule has 0 saturated heterocycles. The zero-order chi connectivity index (χ0) is 10.9. The van der Waals surface area contributed by atoms with Crippen LogP contribution in [0.25, 0.3) is 0 Å². The Kier molecular flexibility index (Phi) is 2.74. The molecule has 0 aliphatic heterocycles. The van der Waals surface area contributed by atoms with Gasteiger partial charge in [-0.1, -0.05) is 39.0 Å². The molecule has 0 bridgehead atoms. The Morgan fingerprint density at radius 1 is 1.29 bits per heavy atom. The second-order valence-corrected chi connectivity index (χ2v) is 4.54. The second-order valence-electron chi connectivity index (χ2n) is 4.54. The molecule has 1 aromatic rings. The summed E-state index contributed by atoms with van der Waals surface area (Å²) in [5, 5.41) is 7.44. The van der Waals surface area contributed by atoms with Crippen LogP contribution in [0.5, 0.6) is 0 Å². The standard InChI is InChI=1S/C12H16FN/c1-8(14)9-6-5-7-10(11(9)13)12(2,3)4/h5-7,14H,1-4H3. The van der Waals surface area contributed by atoms with Gasteiger partial charge in [0.2, 0.25) is 0 Å². The van der Waals surface area contributed by atoms with E-state index in [1.807, 2.05) is 20.8 Å². The van der Waals surface area contributed by atoms with E-state index in [0.717, 1.165) is 0 Å². The van der Waals surface area contributed by atoms with Crippen molar-refractivity contribution < 1.29 is 4.39 Å². The first-order valence-corrected chi connectivity index (χ1v) is 4.68. The second kappa shape index (κ2) is 3.52. The molecule has 0 radical (unpaired) electrons. The number of halogens is 1. The van der Waals surface area contributed by atoms with Gasteiger partial charge in [0.1, 0.15) is 5.82 Å². The Morgan fingerprint density at radius 2 is 1.86 bits per heavy atom. The quantitative estimate of drug-likeness (QED) is 0.660. The van der Waals surface area contributed by atoms with Gasteiger partial charge in [0, 0.05) is 11.3 Å². The van der Waals surface area contributed by atoms with Gasteiger partial charge in [-0.05, 0) is 17.9 Å². The Labute approximate surface area is 84.5 Å². The third-order valence-corrected chi connectivity index (χ3v) is 2.21. The minimum absolute atomic E-state index is 0.213. The summed E-state index contributed by atoms with van der Waals surface area (Å²) in [6.07, 6.45) is 0. The van der Waals surface area contributed by atoms with Gasteiger partial charge in [-0.25, -0.2) is 4.39 Å². The van der Waals surface area contributed by atoms with Crippen LogP contribution in [0, 0.1) is 11.2 Å². The molecule has 0 amide bonds. The Balaban J connectivity index is 3.35. The van der Waals surface area contributed by atoms with Crippen LogP contribution in [-0.2, 0) is 5.41 Å². The molecule has 2 heteroatoms. The first kappa shape index (κ1) is 10.9. The molecule has 76 valence electrons. The lowest BCUT2D eigenvalue weighted by molar-refractivity contribution is 0.521. The van der Waals surface area contributed by atoms with E-state index in [9.17, 15) is 4.39 Å². The summed E-state index contributed by atoms with van der Waals surface area (Å²) in [5.41, 5.74) is 1.13. The zero-order valence-corrected chi connectivity index (χ0v) is 9.11. The van der Waals surface area contributed by atoms with E-state index in [1.165, 1.54) is 0 Å². The van der Waals surface area contributed by atoms with E-state index in [0.29, 0.717) is 11.1 Å². The fourth-order valence-corrected chi connectivity index (χ4v) is 1.40. The fourth-order valence-electron chi connectivity index (χ4n) is 1.40. The van der Waals surface area contributed by atoms with Crippen LogP contribution in [0.2, 0.25) is 0 Å². The highest BCUT2D eigenvalue weighted by molar-refractivity contribution is 5.96. The fraction of sp³-hybridized carbons (Fsp3) is 0.417. The van der Waals surface area contributed by atoms with E-state index in [2.05, 4.69) is 0 Å². The molecule has 0 spiro atoms. The molecule has 0 aliphatic rings. The van der Waals surface area contributed by atoms with Gasteiger partial charge >= 0.3 is 0 Å². The van der Waals surface area contributed by atoms with Crippen LogP contribution in [0.4, 0.5) is 4.39 Å². The summed E-state index contributed by atoms with van der Waals surface area (Å²) >= 11 is 0. The predicted octanol–water partition coefficient (Wildman–Crippen LogP) is 3.51. The Bertz CT molecular complexity index is 361. The van der Waals surface area contributed by atoms with Crippen LogP contribution < -0.4 is 0 Å². The predicted molar refractivity (Wildman–Crippen MR) is 57.6 cm³/mol. The molecule has 0 saturated carbocycles. The molecule has 14 heavy (non-hydrogen) atoms. The van der Waals surface area contributed by atoms with E-state index in [4.69, 9.17) is 5.41 Å². The molecular formula is C12H16FN. The maximum absolute atomic E-state index is 13.9. The van der Waals surface area contributed by atoms with Crippen molar-refractivity contribution >= 4 is 5.71 Å². The Hall–Kier alpha value is -1.18. The molecule has 0 aliphatic carbocycles. The average molecular weight is 193 g/mol. The van der Waals surface area contributed by atoms with Crippen molar-refractivity contribution in [1.82, 2.24) is 0 Å². The molecule has 0 unspecified atom stereocenters. The molecular weight excluding hydrogens is 177 g/mol. The van der Waals surface area contributed by atoms with Crippen molar-refractivity contribution in [1.29, 1.82) is 5.41 Å². The number of hydrogen-bond donors (Lipinski definition) is 1. The van der Waals surface area contributed by atoms with E-state index in [-0.39, 0.29) is 16.9 Å². The molecule has 0 aromatic heterocycles. The highest BCUT2D eigenvalue weighted by atomic mass is 19.1. The van der Waals surface area contributed by atoms with Gasteiger partial charge in [0.05, 0.1) is 0 Å². The van der Waals surface area contributed by atoms with Crippen molar-refractivity contribution in [3.8, 4) is 0 Å². The molecule has 1 N–H and O–H groups in total. The van der Waals surface area contributed by atoms with Crippen molar-refractivity contribution in [2.24, 2.45) is 0 Å². The van der Waals surface area contributed by atoms with Gasteiger partial charge < -0.3 is 5.41 Å². The number of nitrogens with one attached hydrogen (secondary N) is 1. The van der Waals surface area contributed by atoms with E-state index in [1.54, 1.807) is 25.1 Å². The SMILES string of the molecule is CC(=N)c1cccc(C(C)(C)C)c1F. The summed E-state index contributed by atoms with van der Waals surface area (Å²) in [4.78, 5) is 0. The number of hydrogen-bond acceptors (Lipinski definition) is 1. The van der Waals surface area contributed by atoms with Gasteiger partial charge in [-0.2, -0.15) is 0 Å². The minimum Gasteiger partial charge on any atom is -0.305 e. The van der Waals surface area contributed by atoms with E-state index < -0.39 is 0 Å². The van der Waals surface area contributed by atoms with Crippen LogP contribution in [0.15, 0.2) is 18.2 Å². The minimum atomic E-state index is -0.257. The van der Waals surface area contributed by atoms with Crippen molar-refractivity contribution in [2.45, 2.75) is 33.1 Å². The summed E-state index contributed by atoms with van der Waals surface area (Å²) in [5.74, 6) is -0.257. The average Bonchev–Trinajstić information content (AvgIpc) is 2.01. The maximum atomic E-state index is 13.9. The van der Waals surface area contributed by atoms with Crippen LogP contribution in [-0.4, -0.2) is 5.71 Å². The number of benzene rings is 1. The van der Waals surface area contributed by atoms with Crippen molar-refractivity contribution in [3.05, 3.63) is 35.1 Å². The van der Waals surface area contributed by atoms with Crippen molar-refractivity contribution in [3.63, 3.8) is 0 Å². The van der Waals surface area contributed by atoms with Crippen molar-refractivity contribution in [2.75, 3.05) is 0 Å². The first-order valence-electron chi connectivity index (χ1n) is 4.68. The monoisotopic (exact) mass is 193 g/mol. The summed E-state index contributed by atoms with van der Waals surface area (Å²) < 4.78 is 13.9. The third kappa shape index (κ3) is 2.00. The summed E-state index contributed by atoms with van der Waals surface area (Å²) in [7, 11) is 0. The maximum Gasteiger partial charge on any atom is 0.135 e. The molecule has 0 heterocycles. The lowest BCUT2D eigenvalue weighted by Gasteiger charge is -2.20. The highest BCUT2D eigenvalue weighted by Gasteiger charge is 2.20. The first-order chi connectivity index (χ1) is 6.34. The lowest BCUT2D eigenvalue weighted by Crippen LogP contribution is -2.15. The summed E-state index contributed by atoms with van der Waals surface area (Å²) in [6, 6.07) is 5.23. The Morgan fingerprint density at radius 3 is 2.29 bits per heavy atom. The van der Waals surface area contributed by atoms with Crippen LogP contribution in [0.3, 0.4) is 0 Å². The lowest BCUT2D eigenvalue weighted by atomic mass is 9.85. The van der Waals surface area contributed by atoms with Gasteiger partial charge in [0.25, 0.3) is 0 Å². The van der Waals surface area contributed by atoms with E-state index >= 15 is 0 Å². The normalized spacial score (nSPS) is 11.5. The van der Waals surface area contributed by atoms with Gasteiger partial charge in [-0.3, -0.25) is 0 Å². The topological polar surface area (TPSA) is 23.9 Å². The van der Waals surface area contributed by atoms with Crippen LogP contribution in [0.1, 0.15) is 38.8 Å².